The molecule has 0 aliphatic carbocycles. The summed E-state index contributed by atoms with van der Waals surface area (Å²) in [4.78, 5) is 13.1. The molecule has 0 saturated carbocycles. The van der Waals surface area contributed by atoms with Gasteiger partial charge in [0.15, 0.2) is 11.5 Å². The molecule has 3 aromatic rings. The molecule has 29 heavy (non-hydrogen) atoms. The zero-order valence-electron chi connectivity index (χ0n) is 16.6. The number of benzene rings is 2. The molecule has 1 heterocycles. The first-order valence-corrected chi connectivity index (χ1v) is 10.9. The van der Waals surface area contributed by atoms with Crippen LogP contribution in [0.1, 0.15) is 48.1 Å². The number of ketones is 1. The van der Waals surface area contributed by atoms with E-state index in [9.17, 15) is 9.00 Å². The molecule has 2 aromatic carbocycles. The Bertz CT molecular complexity index is 1100. The van der Waals surface area contributed by atoms with Crippen molar-refractivity contribution in [2.24, 2.45) is 4.40 Å². The highest BCUT2D eigenvalue weighted by atomic mass is 79.9. The molecule has 1 atom stereocenters. The topological polar surface area (TPSA) is 72.5 Å². The van der Waals surface area contributed by atoms with Gasteiger partial charge in [-0.05, 0) is 57.5 Å². The summed E-state index contributed by atoms with van der Waals surface area (Å²) >= 11 is 3.39. The Balaban J connectivity index is 2.06. The van der Waals surface area contributed by atoms with Gasteiger partial charge in [-0.15, -0.1) is 0 Å². The maximum Gasteiger partial charge on any atom is 0.193 e. The van der Waals surface area contributed by atoms with Crippen LogP contribution in [0.4, 0.5) is 0 Å². The zero-order valence-corrected chi connectivity index (χ0v) is 19.0. The summed E-state index contributed by atoms with van der Waals surface area (Å²) in [5, 5.41) is 4.04. The third kappa shape index (κ3) is 4.79. The summed E-state index contributed by atoms with van der Waals surface area (Å²) in [6, 6.07) is 14.5. The first kappa shape index (κ1) is 21.3. The fourth-order valence-electron chi connectivity index (χ4n) is 2.71. The number of rotatable bonds is 5. The third-order valence-electron chi connectivity index (χ3n) is 4.23. The van der Waals surface area contributed by atoms with Crippen LogP contribution in [0.5, 0.6) is 0 Å². The summed E-state index contributed by atoms with van der Waals surface area (Å²) < 4.78 is 22.2. The number of hydrogen-bond acceptors (Lipinski definition) is 4. The fourth-order valence-corrected chi connectivity index (χ4v) is 3.48. The molecular weight excluding hydrogens is 452 g/mol. The molecule has 3 rings (SSSR count). The number of aryl methyl sites for hydroxylation is 1. The molecule has 5 nitrogen and oxygen atoms in total. The first-order chi connectivity index (χ1) is 13.7. The number of aromatic nitrogens is 1. The Hall–Kier alpha value is -2.38. The fraction of sp³-hybridized carbons (Fsp3) is 0.227. The average Bonchev–Trinajstić information content (AvgIpc) is 3.05. The smallest absolute Gasteiger partial charge is 0.193 e. The molecule has 0 spiro atoms. The molecule has 7 heteroatoms. The lowest BCUT2D eigenvalue weighted by Crippen LogP contribution is -2.19. The Morgan fingerprint density at radius 3 is 2.45 bits per heavy atom. The van der Waals surface area contributed by atoms with E-state index in [4.69, 9.17) is 4.52 Å². The second-order valence-electron chi connectivity index (χ2n) is 7.48. The van der Waals surface area contributed by atoms with Crippen LogP contribution in [0.2, 0.25) is 0 Å². The van der Waals surface area contributed by atoms with Gasteiger partial charge in [-0.3, -0.25) is 4.79 Å². The van der Waals surface area contributed by atoms with E-state index in [1.807, 2.05) is 51.1 Å². The second-order valence-corrected chi connectivity index (χ2v) is 10.3. The van der Waals surface area contributed by atoms with Crippen molar-refractivity contribution in [3.8, 4) is 11.1 Å². The maximum atomic E-state index is 13.1. The highest BCUT2D eigenvalue weighted by Gasteiger charge is 2.22. The lowest BCUT2D eigenvalue weighted by atomic mass is 9.93. The summed E-state index contributed by atoms with van der Waals surface area (Å²) in [5.41, 5.74) is 3.11. The number of hydrogen-bond donors (Lipinski definition) is 0. The largest absolute Gasteiger partial charge is 0.354 e. The molecule has 1 aromatic heterocycles. The maximum absolute atomic E-state index is 13.1. The van der Waals surface area contributed by atoms with Crippen LogP contribution in [-0.2, 0) is 11.0 Å². The van der Waals surface area contributed by atoms with Crippen LogP contribution in [0.15, 0.2) is 61.9 Å². The molecule has 0 aliphatic rings. The van der Waals surface area contributed by atoms with Crippen LogP contribution in [-0.4, -0.2) is 26.1 Å². The second kappa shape index (κ2) is 8.55. The van der Waals surface area contributed by atoms with Crippen molar-refractivity contribution < 1.29 is 13.5 Å². The van der Waals surface area contributed by atoms with Crippen molar-refractivity contribution in [1.29, 1.82) is 0 Å². The SMILES string of the molecule is Cc1noc(/C=N/[S@](=O)C(C)(C)C)c1-c1ccccc1C(=O)c1ccc(Br)cc1. The predicted molar refractivity (Wildman–Crippen MR) is 120 cm³/mol. The van der Waals surface area contributed by atoms with Gasteiger partial charge in [-0.2, -0.15) is 4.40 Å². The van der Waals surface area contributed by atoms with E-state index in [1.54, 1.807) is 25.1 Å². The van der Waals surface area contributed by atoms with Crippen LogP contribution in [0, 0.1) is 6.92 Å². The Morgan fingerprint density at radius 1 is 1.14 bits per heavy atom. The summed E-state index contributed by atoms with van der Waals surface area (Å²) in [5.74, 6) is 0.269. The average molecular weight is 473 g/mol. The highest BCUT2D eigenvalue weighted by molar-refractivity contribution is 9.10. The van der Waals surface area contributed by atoms with Gasteiger partial charge in [0.1, 0.15) is 11.0 Å². The van der Waals surface area contributed by atoms with Gasteiger partial charge in [0.2, 0.25) is 0 Å². The molecule has 0 unspecified atom stereocenters. The lowest BCUT2D eigenvalue weighted by molar-refractivity contribution is 0.103. The molecule has 0 aliphatic heterocycles. The first-order valence-electron chi connectivity index (χ1n) is 9.00. The van der Waals surface area contributed by atoms with Gasteiger partial charge in [0.25, 0.3) is 0 Å². The minimum Gasteiger partial charge on any atom is -0.354 e. The molecule has 0 radical (unpaired) electrons. The highest BCUT2D eigenvalue weighted by Crippen LogP contribution is 2.31. The Labute approximate surface area is 180 Å². The summed E-state index contributed by atoms with van der Waals surface area (Å²) in [6.07, 6.45) is 1.43. The van der Waals surface area contributed by atoms with Crippen LogP contribution in [0.3, 0.4) is 0 Å². The van der Waals surface area contributed by atoms with Crippen molar-refractivity contribution in [3.05, 3.63) is 75.6 Å². The predicted octanol–water partition coefficient (Wildman–Crippen LogP) is 5.52. The van der Waals surface area contributed by atoms with Gasteiger partial charge in [0, 0.05) is 15.6 Å². The van der Waals surface area contributed by atoms with E-state index in [0.29, 0.717) is 33.7 Å². The third-order valence-corrected chi connectivity index (χ3v) is 6.10. The van der Waals surface area contributed by atoms with Crippen molar-refractivity contribution in [3.63, 3.8) is 0 Å². The molecule has 0 bridgehead atoms. The van der Waals surface area contributed by atoms with E-state index in [1.165, 1.54) is 6.21 Å². The van der Waals surface area contributed by atoms with Crippen LogP contribution < -0.4 is 0 Å². The Kier molecular flexibility index (Phi) is 6.29. The standard InChI is InChI=1S/C22H21BrN2O3S/c1-14-20(19(28-25-14)13-24-29(27)22(2,3)4)17-7-5-6-8-18(17)21(26)15-9-11-16(23)12-10-15/h5-13H,1-4H3/b24-13+/t29-/m1/s1. The number of nitrogens with zero attached hydrogens (tertiary/aromatic N) is 2. The van der Waals surface area contributed by atoms with Gasteiger partial charge >= 0.3 is 0 Å². The Morgan fingerprint density at radius 2 is 1.79 bits per heavy atom. The molecule has 0 saturated heterocycles. The monoisotopic (exact) mass is 472 g/mol. The summed E-state index contributed by atoms with van der Waals surface area (Å²) in [7, 11) is -1.43. The normalized spacial score (nSPS) is 13.0. The number of halogens is 1. The number of carbonyl (C=O) groups is 1. The van der Waals surface area contributed by atoms with Crippen molar-refractivity contribution in [2.45, 2.75) is 32.4 Å². The molecule has 150 valence electrons. The molecular formula is C22H21BrN2O3S. The van der Waals surface area contributed by atoms with Crippen LogP contribution >= 0.6 is 15.9 Å². The van der Waals surface area contributed by atoms with Gasteiger partial charge in [0.05, 0.1) is 22.2 Å². The molecule has 0 amide bonds. The zero-order chi connectivity index (χ0) is 21.2. The van der Waals surface area contributed by atoms with Gasteiger partial charge < -0.3 is 4.52 Å². The quantitative estimate of drug-likeness (QED) is 0.361. The number of carbonyl (C=O) groups excluding carboxylic acids is 1. The van der Waals surface area contributed by atoms with Crippen molar-refractivity contribution in [1.82, 2.24) is 5.16 Å². The van der Waals surface area contributed by atoms with Gasteiger partial charge in [-0.1, -0.05) is 45.4 Å². The van der Waals surface area contributed by atoms with E-state index in [-0.39, 0.29) is 5.78 Å². The van der Waals surface area contributed by atoms with Gasteiger partial charge in [-0.25, -0.2) is 4.21 Å². The molecule has 0 N–H and O–H groups in total. The lowest BCUT2D eigenvalue weighted by Gasteiger charge is -2.12. The van der Waals surface area contributed by atoms with E-state index in [0.717, 1.165) is 4.47 Å². The van der Waals surface area contributed by atoms with E-state index >= 15 is 0 Å². The minimum atomic E-state index is -1.43. The van der Waals surface area contributed by atoms with E-state index in [2.05, 4.69) is 25.5 Å². The molecule has 0 fully saturated rings. The van der Waals surface area contributed by atoms with Crippen molar-refractivity contribution in [2.75, 3.05) is 0 Å². The van der Waals surface area contributed by atoms with E-state index < -0.39 is 15.7 Å². The minimum absolute atomic E-state index is 0.102. The van der Waals surface area contributed by atoms with Crippen molar-refractivity contribution >= 4 is 38.9 Å². The van der Waals surface area contributed by atoms with Crippen LogP contribution in [0.25, 0.3) is 11.1 Å². The summed E-state index contributed by atoms with van der Waals surface area (Å²) in [6.45, 7) is 7.34.